The fourth-order valence-corrected chi connectivity index (χ4v) is 3.13. The van der Waals surface area contributed by atoms with Crippen LogP contribution in [0.1, 0.15) is 20.3 Å². The summed E-state index contributed by atoms with van der Waals surface area (Å²) in [5.74, 6) is 0.147. The highest BCUT2D eigenvalue weighted by atomic mass is 35.5. The van der Waals surface area contributed by atoms with Gasteiger partial charge in [-0.05, 0) is 31.2 Å². The molecule has 0 aliphatic carbocycles. The molecule has 1 aliphatic heterocycles. The van der Waals surface area contributed by atoms with Gasteiger partial charge in [0.2, 0.25) is 5.91 Å². The number of amides is 1. The predicted molar refractivity (Wildman–Crippen MR) is 82.1 cm³/mol. The third-order valence-electron chi connectivity index (χ3n) is 2.99. The van der Waals surface area contributed by atoms with Gasteiger partial charge in [-0.2, -0.15) is 0 Å². The lowest BCUT2D eigenvalue weighted by Crippen LogP contribution is -2.24. The van der Waals surface area contributed by atoms with Gasteiger partial charge >= 0.3 is 0 Å². The van der Waals surface area contributed by atoms with E-state index in [1.54, 1.807) is 11.8 Å². The fourth-order valence-electron chi connectivity index (χ4n) is 2.07. The largest absolute Gasteiger partial charge is 0.325 e. The number of rotatable bonds is 4. The highest BCUT2D eigenvalue weighted by molar-refractivity contribution is 8.00. The van der Waals surface area contributed by atoms with Gasteiger partial charge in [0.25, 0.3) is 0 Å². The summed E-state index contributed by atoms with van der Waals surface area (Å²) < 4.78 is 0. The van der Waals surface area contributed by atoms with Gasteiger partial charge in [-0.25, -0.2) is 0 Å². The molecule has 1 atom stereocenters. The zero-order valence-electron chi connectivity index (χ0n) is 11.2. The Balaban J connectivity index is 2.12. The third-order valence-corrected chi connectivity index (χ3v) is 4.31. The normalized spacial score (nSPS) is 18.8. The Bertz CT molecular complexity index is 459. The number of benzene rings is 1. The van der Waals surface area contributed by atoms with Gasteiger partial charge in [-0.3, -0.25) is 4.79 Å². The molecule has 0 bridgehead atoms. The van der Waals surface area contributed by atoms with Crippen molar-refractivity contribution >= 4 is 35.0 Å². The first-order valence-corrected chi connectivity index (χ1v) is 7.80. The standard InChI is InChI=1S/C14H19ClN2OS/c1-9(2)19-13-4-3-11(15)7-12(13)17-14(18)10-5-6-16-8-10/h3-4,7,9-10,16H,5-6,8H2,1-2H3,(H,17,18). The second-order valence-electron chi connectivity index (χ2n) is 4.99. The van der Waals surface area contributed by atoms with Crippen molar-refractivity contribution < 1.29 is 4.79 Å². The van der Waals surface area contributed by atoms with Crippen molar-refractivity contribution in [3.63, 3.8) is 0 Å². The molecule has 1 aromatic rings. The number of carbonyl (C=O) groups excluding carboxylic acids is 1. The van der Waals surface area contributed by atoms with E-state index >= 15 is 0 Å². The molecule has 2 N–H and O–H groups in total. The maximum Gasteiger partial charge on any atom is 0.228 e. The summed E-state index contributed by atoms with van der Waals surface area (Å²) in [6.07, 6.45) is 0.902. The van der Waals surface area contributed by atoms with E-state index in [2.05, 4.69) is 24.5 Å². The minimum atomic E-state index is 0.0656. The van der Waals surface area contributed by atoms with Gasteiger partial charge in [0.05, 0.1) is 11.6 Å². The van der Waals surface area contributed by atoms with Crippen LogP contribution in [0.5, 0.6) is 0 Å². The predicted octanol–water partition coefficient (Wildman–Crippen LogP) is 3.39. The lowest BCUT2D eigenvalue weighted by Gasteiger charge is -2.15. The molecule has 5 heteroatoms. The van der Waals surface area contributed by atoms with Gasteiger partial charge in [-0.15, -0.1) is 11.8 Å². The molecule has 0 radical (unpaired) electrons. The first-order valence-electron chi connectivity index (χ1n) is 6.54. The van der Waals surface area contributed by atoms with Gasteiger partial charge < -0.3 is 10.6 Å². The number of anilines is 1. The number of hydrogen-bond acceptors (Lipinski definition) is 3. The van der Waals surface area contributed by atoms with E-state index in [0.29, 0.717) is 10.3 Å². The minimum absolute atomic E-state index is 0.0656. The molecule has 2 rings (SSSR count). The average molecular weight is 299 g/mol. The van der Waals surface area contributed by atoms with E-state index in [1.807, 2.05) is 18.2 Å². The van der Waals surface area contributed by atoms with Crippen LogP contribution >= 0.6 is 23.4 Å². The lowest BCUT2D eigenvalue weighted by molar-refractivity contribution is -0.119. The van der Waals surface area contributed by atoms with E-state index in [-0.39, 0.29) is 11.8 Å². The number of halogens is 1. The molecular formula is C14H19ClN2OS. The van der Waals surface area contributed by atoms with E-state index in [0.717, 1.165) is 30.1 Å². The molecule has 1 saturated heterocycles. The van der Waals surface area contributed by atoms with Crippen LogP contribution in [0.25, 0.3) is 0 Å². The van der Waals surface area contributed by atoms with Crippen molar-refractivity contribution in [1.29, 1.82) is 0 Å². The molecule has 0 saturated carbocycles. The summed E-state index contributed by atoms with van der Waals surface area (Å²) in [6, 6.07) is 5.65. The van der Waals surface area contributed by atoms with Crippen LogP contribution in [0, 0.1) is 5.92 Å². The maximum atomic E-state index is 12.2. The second kappa shape index (κ2) is 6.64. The number of thioether (sulfide) groups is 1. The molecule has 1 unspecified atom stereocenters. The number of nitrogens with one attached hydrogen (secondary N) is 2. The van der Waals surface area contributed by atoms with Crippen LogP contribution in [0.4, 0.5) is 5.69 Å². The third kappa shape index (κ3) is 4.13. The molecule has 0 aromatic heterocycles. The maximum absolute atomic E-state index is 12.2. The summed E-state index contributed by atoms with van der Waals surface area (Å²) in [6.45, 7) is 5.94. The van der Waals surface area contributed by atoms with Crippen LogP contribution in [0.2, 0.25) is 5.02 Å². The Labute approximate surface area is 123 Å². The van der Waals surface area contributed by atoms with Crippen LogP contribution in [-0.4, -0.2) is 24.2 Å². The number of carbonyl (C=O) groups is 1. The quantitative estimate of drug-likeness (QED) is 0.837. The van der Waals surface area contributed by atoms with Crippen molar-refractivity contribution in [3.8, 4) is 0 Å². The van der Waals surface area contributed by atoms with Gasteiger partial charge in [0.1, 0.15) is 0 Å². The minimum Gasteiger partial charge on any atom is -0.325 e. The van der Waals surface area contributed by atoms with Crippen LogP contribution in [-0.2, 0) is 4.79 Å². The first kappa shape index (κ1) is 14.7. The Hall–Kier alpha value is -0.710. The van der Waals surface area contributed by atoms with E-state index in [1.165, 1.54) is 0 Å². The first-order chi connectivity index (χ1) is 9.06. The molecular weight excluding hydrogens is 280 g/mol. The molecule has 0 spiro atoms. The van der Waals surface area contributed by atoms with Crippen LogP contribution < -0.4 is 10.6 Å². The second-order valence-corrected chi connectivity index (χ2v) is 7.04. The smallest absolute Gasteiger partial charge is 0.228 e. The summed E-state index contributed by atoms with van der Waals surface area (Å²) in [4.78, 5) is 13.2. The highest BCUT2D eigenvalue weighted by Crippen LogP contribution is 2.33. The van der Waals surface area contributed by atoms with E-state index in [4.69, 9.17) is 11.6 Å². The van der Waals surface area contributed by atoms with Gasteiger partial charge in [0, 0.05) is 21.7 Å². The van der Waals surface area contributed by atoms with Crippen molar-refractivity contribution in [2.75, 3.05) is 18.4 Å². The zero-order chi connectivity index (χ0) is 13.8. The summed E-state index contributed by atoms with van der Waals surface area (Å²) in [7, 11) is 0. The van der Waals surface area contributed by atoms with Crippen LogP contribution in [0.15, 0.2) is 23.1 Å². The molecule has 104 valence electrons. The molecule has 1 aromatic carbocycles. The molecule has 19 heavy (non-hydrogen) atoms. The zero-order valence-corrected chi connectivity index (χ0v) is 12.8. The fraction of sp³-hybridized carbons (Fsp3) is 0.500. The highest BCUT2D eigenvalue weighted by Gasteiger charge is 2.23. The molecule has 3 nitrogen and oxygen atoms in total. The molecule has 1 fully saturated rings. The SMILES string of the molecule is CC(C)Sc1ccc(Cl)cc1NC(=O)C1CCNC1. The molecule has 1 aliphatic rings. The Kier molecular flexibility index (Phi) is 5.13. The Morgan fingerprint density at radius 3 is 2.95 bits per heavy atom. The summed E-state index contributed by atoms with van der Waals surface area (Å²) in [5, 5.41) is 7.33. The van der Waals surface area contributed by atoms with Crippen molar-refractivity contribution in [1.82, 2.24) is 5.32 Å². The summed E-state index contributed by atoms with van der Waals surface area (Å²) in [5.41, 5.74) is 0.822. The topological polar surface area (TPSA) is 41.1 Å². The molecule has 1 amide bonds. The Morgan fingerprint density at radius 1 is 1.53 bits per heavy atom. The lowest BCUT2D eigenvalue weighted by atomic mass is 10.1. The van der Waals surface area contributed by atoms with E-state index < -0.39 is 0 Å². The van der Waals surface area contributed by atoms with Crippen LogP contribution in [0.3, 0.4) is 0 Å². The van der Waals surface area contributed by atoms with Crippen molar-refractivity contribution in [2.45, 2.75) is 30.4 Å². The average Bonchev–Trinajstić information content (AvgIpc) is 2.86. The number of hydrogen-bond donors (Lipinski definition) is 2. The summed E-state index contributed by atoms with van der Waals surface area (Å²) >= 11 is 7.75. The molecule has 1 heterocycles. The van der Waals surface area contributed by atoms with E-state index in [9.17, 15) is 4.79 Å². The van der Waals surface area contributed by atoms with Crippen molar-refractivity contribution in [3.05, 3.63) is 23.2 Å². The van der Waals surface area contributed by atoms with Crippen molar-refractivity contribution in [2.24, 2.45) is 5.92 Å². The van der Waals surface area contributed by atoms with Gasteiger partial charge in [0.15, 0.2) is 0 Å². The monoisotopic (exact) mass is 298 g/mol. The Morgan fingerprint density at radius 2 is 2.32 bits per heavy atom. The van der Waals surface area contributed by atoms with Gasteiger partial charge in [-0.1, -0.05) is 25.4 Å².